The maximum absolute atomic E-state index is 14.3. The van der Waals surface area contributed by atoms with Crippen LogP contribution in [0.15, 0.2) is 48.1 Å². The molecule has 11 heteroatoms. The quantitative estimate of drug-likeness (QED) is 0.432. The topological polar surface area (TPSA) is 88.5 Å². The van der Waals surface area contributed by atoms with Crippen LogP contribution in [-0.4, -0.2) is 65.0 Å². The van der Waals surface area contributed by atoms with Gasteiger partial charge in [0.15, 0.2) is 5.13 Å². The lowest BCUT2D eigenvalue weighted by atomic mass is 10.0. The lowest BCUT2D eigenvalue weighted by Crippen LogP contribution is -2.51. The zero-order valence-corrected chi connectivity index (χ0v) is 22.8. The predicted molar refractivity (Wildman–Crippen MR) is 144 cm³/mol. The van der Waals surface area contributed by atoms with Gasteiger partial charge in [-0.3, -0.25) is 9.59 Å². The molecule has 1 unspecified atom stereocenters. The number of thiazole rings is 1. The summed E-state index contributed by atoms with van der Waals surface area (Å²) in [6.45, 7) is 6.25. The van der Waals surface area contributed by atoms with Crippen LogP contribution in [0.4, 0.5) is 13.9 Å². The van der Waals surface area contributed by atoms with Crippen molar-refractivity contribution in [3.8, 4) is 11.3 Å². The van der Waals surface area contributed by atoms with Crippen molar-refractivity contribution >= 4 is 28.3 Å². The molecule has 2 amide bonds. The summed E-state index contributed by atoms with van der Waals surface area (Å²) in [4.78, 5) is 30.8. The molecule has 1 atom stereocenters. The van der Waals surface area contributed by atoms with Gasteiger partial charge < -0.3 is 24.8 Å². The molecular formula is C27H33F2N5O3S. The van der Waals surface area contributed by atoms with Gasteiger partial charge in [-0.05, 0) is 51.9 Å². The van der Waals surface area contributed by atoms with Crippen LogP contribution in [0, 0.1) is 0 Å². The second-order valence-corrected chi connectivity index (χ2v) is 11.4. The first-order valence-corrected chi connectivity index (χ1v) is 13.3. The normalized spacial score (nSPS) is 17.8. The average molecular weight is 546 g/mol. The van der Waals surface area contributed by atoms with E-state index in [0.29, 0.717) is 22.9 Å². The number of aromatic nitrogens is 2. The highest BCUT2D eigenvalue weighted by Gasteiger charge is 2.44. The second kappa shape index (κ2) is 11.3. The number of nitrogens with one attached hydrogen (secondary N) is 2. The van der Waals surface area contributed by atoms with Crippen LogP contribution in [0.5, 0.6) is 0 Å². The van der Waals surface area contributed by atoms with Gasteiger partial charge in [0.2, 0.25) is 5.91 Å². The van der Waals surface area contributed by atoms with E-state index in [9.17, 15) is 18.4 Å². The molecule has 0 saturated carbocycles. The fraction of sp³-hybridized carbons (Fsp3) is 0.444. The van der Waals surface area contributed by atoms with E-state index < -0.39 is 17.9 Å². The highest BCUT2D eigenvalue weighted by Crippen LogP contribution is 2.30. The summed E-state index contributed by atoms with van der Waals surface area (Å²) in [7, 11) is 1.68. The summed E-state index contributed by atoms with van der Waals surface area (Å²) >= 11 is 1.26. The van der Waals surface area contributed by atoms with Crippen molar-refractivity contribution in [1.82, 2.24) is 19.8 Å². The van der Waals surface area contributed by atoms with E-state index in [1.807, 2.05) is 55.8 Å². The molecule has 1 aliphatic rings. The molecule has 8 nitrogen and oxygen atoms in total. The van der Waals surface area contributed by atoms with E-state index in [1.165, 1.54) is 11.3 Å². The first-order chi connectivity index (χ1) is 17.9. The molecule has 0 spiro atoms. The van der Waals surface area contributed by atoms with Gasteiger partial charge in [-0.2, -0.15) is 0 Å². The molecule has 204 valence electrons. The third-order valence-electron chi connectivity index (χ3n) is 6.29. The lowest BCUT2D eigenvalue weighted by Gasteiger charge is -2.36. The maximum atomic E-state index is 14.3. The Morgan fingerprint density at radius 1 is 1.26 bits per heavy atom. The van der Waals surface area contributed by atoms with Crippen LogP contribution in [0.2, 0.25) is 0 Å². The van der Waals surface area contributed by atoms with Crippen molar-refractivity contribution in [2.45, 2.75) is 51.4 Å². The molecule has 1 aliphatic heterocycles. The van der Waals surface area contributed by atoms with E-state index in [1.54, 1.807) is 29.6 Å². The summed E-state index contributed by atoms with van der Waals surface area (Å²) in [5, 5.41) is 7.52. The minimum Gasteiger partial charge on any atom is -0.367 e. The Kier molecular flexibility index (Phi) is 8.29. The highest BCUT2D eigenvalue weighted by atomic mass is 32.1. The van der Waals surface area contributed by atoms with E-state index >= 15 is 0 Å². The number of hydrogen-bond donors (Lipinski definition) is 2. The van der Waals surface area contributed by atoms with Crippen molar-refractivity contribution in [2.75, 3.05) is 32.0 Å². The third kappa shape index (κ3) is 7.03. The predicted octanol–water partition coefficient (Wildman–Crippen LogP) is 4.59. The van der Waals surface area contributed by atoms with Crippen molar-refractivity contribution < 1.29 is 23.1 Å². The molecule has 2 aromatic heterocycles. The number of nitrogens with zero attached hydrogens (tertiary/aromatic N) is 3. The van der Waals surface area contributed by atoms with Gasteiger partial charge >= 0.3 is 0 Å². The molecule has 38 heavy (non-hydrogen) atoms. The Hall–Kier alpha value is -3.15. The average Bonchev–Trinajstić information content (AvgIpc) is 3.52. The number of hydrogen-bond acceptors (Lipinski definition) is 6. The number of piperidine rings is 1. The fourth-order valence-electron chi connectivity index (χ4n) is 4.15. The second-order valence-electron chi connectivity index (χ2n) is 10.5. The van der Waals surface area contributed by atoms with Crippen molar-refractivity contribution in [3.05, 3.63) is 59.2 Å². The number of carbonyl (C=O) groups is 2. The van der Waals surface area contributed by atoms with Gasteiger partial charge in [0.05, 0.1) is 31.0 Å². The molecule has 1 fully saturated rings. The summed E-state index contributed by atoms with van der Waals surface area (Å²) in [6, 6.07) is 9.06. The lowest BCUT2D eigenvalue weighted by molar-refractivity contribution is -0.174. The number of alkyl halides is 2. The molecule has 0 radical (unpaired) electrons. The van der Waals surface area contributed by atoms with Crippen LogP contribution in [0.3, 0.4) is 0 Å². The van der Waals surface area contributed by atoms with Crippen LogP contribution in [0.25, 0.3) is 11.3 Å². The SMILES string of the molecule is CN1CCC(OCc2cccc(-c3csc(NC(=O)CNC(=O)c4ccn(C(C)(C)C)c4)n3)c2)C(F)(F)C1. The van der Waals surface area contributed by atoms with Crippen molar-refractivity contribution in [3.63, 3.8) is 0 Å². The Balaban J connectivity index is 1.29. The van der Waals surface area contributed by atoms with E-state index in [0.717, 1.165) is 11.1 Å². The monoisotopic (exact) mass is 545 g/mol. The molecule has 1 aromatic carbocycles. The van der Waals surface area contributed by atoms with Crippen molar-refractivity contribution in [1.29, 1.82) is 0 Å². The summed E-state index contributed by atoms with van der Waals surface area (Å²) < 4.78 is 36.1. The maximum Gasteiger partial charge on any atom is 0.286 e. The number of likely N-dealkylation sites (tertiary alicyclic amines) is 1. The number of carbonyl (C=O) groups excluding carboxylic acids is 2. The number of benzene rings is 1. The largest absolute Gasteiger partial charge is 0.367 e. The molecule has 3 aromatic rings. The minimum absolute atomic E-state index is 0.0738. The highest BCUT2D eigenvalue weighted by molar-refractivity contribution is 7.14. The van der Waals surface area contributed by atoms with E-state index in [4.69, 9.17) is 4.74 Å². The van der Waals surface area contributed by atoms with Gasteiger partial charge in [0, 0.05) is 35.4 Å². The molecule has 0 bridgehead atoms. The summed E-state index contributed by atoms with van der Waals surface area (Å²) in [5.41, 5.74) is 2.53. The van der Waals surface area contributed by atoms with Gasteiger partial charge in [0.25, 0.3) is 11.8 Å². The Labute approximate surface area is 225 Å². The molecule has 0 aliphatic carbocycles. The smallest absolute Gasteiger partial charge is 0.286 e. The molecule has 3 heterocycles. The third-order valence-corrected chi connectivity index (χ3v) is 7.05. The minimum atomic E-state index is -2.89. The zero-order chi connectivity index (χ0) is 27.5. The number of amides is 2. The van der Waals surface area contributed by atoms with E-state index in [2.05, 4.69) is 15.6 Å². The van der Waals surface area contributed by atoms with E-state index in [-0.39, 0.29) is 37.6 Å². The first kappa shape index (κ1) is 27.9. The zero-order valence-electron chi connectivity index (χ0n) is 22.0. The number of ether oxygens (including phenoxy) is 1. The fourth-order valence-corrected chi connectivity index (χ4v) is 4.89. The first-order valence-electron chi connectivity index (χ1n) is 12.4. The van der Waals surface area contributed by atoms with Crippen molar-refractivity contribution in [2.24, 2.45) is 0 Å². The van der Waals surface area contributed by atoms with Gasteiger partial charge in [0.1, 0.15) is 6.10 Å². The van der Waals surface area contributed by atoms with Gasteiger partial charge in [-0.1, -0.05) is 18.2 Å². The van der Waals surface area contributed by atoms with Gasteiger partial charge in [-0.15, -0.1) is 11.3 Å². The van der Waals surface area contributed by atoms with Crippen LogP contribution in [-0.2, 0) is 21.7 Å². The molecule has 2 N–H and O–H groups in total. The number of rotatable bonds is 8. The Morgan fingerprint density at radius 3 is 2.76 bits per heavy atom. The van der Waals surface area contributed by atoms with Crippen LogP contribution in [0.1, 0.15) is 43.1 Å². The molecule has 4 rings (SSSR count). The molecular weight excluding hydrogens is 512 g/mol. The molecule has 1 saturated heterocycles. The van der Waals surface area contributed by atoms with Gasteiger partial charge in [-0.25, -0.2) is 13.8 Å². The number of anilines is 1. The standard InChI is InChI=1S/C27H33F2N5O3S/c1-26(2,3)34-11-8-20(14-34)24(36)30-13-23(35)32-25-31-21(16-38-25)19-7-5-6-18(12-19)15-37-22-9-10-33(4)17-27(22,28)29/h5-8,11-12,14,16,22H,9-10,13,15,17H2,1-4H3,(H,30,36)(H,31,32,35). The van der Waals surface area contributed by atoms with Crippen LogP contribution < -0.4 is 10.6 Å². The Morgan fingerprint density at radius 2 is 2.05 bits per heavy atom. The summed E-state index contributed by atoms with van der Waals surface area (Å²) in [5.74, 6) is -3.61. The summed E-state index contributed by atoms with van der Waals surface area (Å²) in [6.07, 6.45) is 2.75. The Bertz CT molecular complexity index is 1280. The van der Waals surface area contributed by atoms with Crippen LogP contribution >= 0.6 is 11.3 Å². The number of halogens is 2.